The molecule has 0 spiro atoms. The van der Waals surface area contributed by atoms with Gasteiger partial charge in [0, 0.05) is 23.1 Å². The van der Waals surface area contributed by atoms with E-state index in [2.05, 4.69) is 10.3 Å². The molecule has 0 unspecified atom stereocenters. The molecule has 0 bridgehead atoms. The summed E-state index contributed by atoms with van der Waals surface area (Å²) < 4.78 is 45.7. The van der Waals surface area contributed by atoms with Gasteiger partial charge < -0.3 is 9.73 Å². The Kier molecular flexibility index (Phi) is 5.37. The maximum atomic E-state index is 13.5. The second-order valence-electron chi connectivity index (χ2n) is 7.69. The lowest BCUT2D eigenvalue weighted by Crippen LogP contribution is -2.39. The number of hydrogen-bond acceptors (Lipinski definition) is 4. The molecule has 4 rings (SSSR count). The van der Waals surface area contributed by atoms with Crippen LogP contribution in [0.15, 0.2) is 65.5 Å². The van der Waals surface area contributed by atoms with Crippen LogP contribution in [0.3, 0.4) is 0 Å². The number of ketones is 1. The van der Waals surface area contributed by atoms with Crippen molar-refractivity contribution in [3.8, 4) is 11.3 Å². The van der Waals surface area contributed by atoms with E-state index in [1.54, 1.807) is 12.3 Å². The number of hydrogen-bond donors (Lipinski definition) is 1. The van der Waals surface area contributed by atoms with Crippen molar-refractivity contribution in [1.29, 1.82) is 0 Å². The number of carbonyl (C=O) groups is 1. The van der Waals surface area contributed by atoms with Crippen LogP contribution < -0.4 is 5.32 Å². The Labute approximate surface area is 172 Å². The van der Waals surface area contributed by atoms with Gasteiger partial charge in [-0.05, 0) is 48.7 Å². The molecule has 1 aliphatic carbocycles. The van der Waals surface area contributed by atoms with E-state index in [1.165, 1.54) is 18.5 Å². The predicted octanol–water partition coefficient (Wildman–Crippen LogP) is 5.85. The number of Topliss-reactive ketones (excluding diaryl/α,β-unsaturated/α-hetero) is 1. The fourth-order valence-corrected chi connectivity index (χ4v) is 4.09. The summed E-state index contributed by atoms with van der Waals surface area (Å²) in [6.45, 7) is 0.0671. The van der Waals surface area contributed by atoms with E-state index in [0.29, 0.717) is 18.6 Å². The molecule has 0 atom stereocenters. The van der Waals surface area contributed by atoms with E-state index in [0.717, 1.165) is 23.7 Å². The van der Waals surface area contributed by atoms with Crippen molar-refractivity contribution in [3.05, 3.63) is 72.2 Å². The largest absolute Gasteiger partial charge is 0.444 e. The van der Waals surface area contributed by atoms with Crippen LogP contribution in [0, 0.1) is 0 Å². The van der Waals surface area contributed by atoms with Crippen molar-refractivity contribution in [3.63, 3.8) is 0 Å². The molecule has 1 aromatic heterocycles. The summed E-state index contributed by atoms with van der Waals surface area (Å²) in [6, 6.07) is 13.0. The van der Waals surface area contributed by atoms with Gasteiger partial charge in [-0.1, -0.05) is 24.6 Å². The van der Waals surface area contributed by atoms with Crippen LogP contribution >= 0.6 is 0 Å². The first-order valence-electron chi connectivity index (χ1n) is 9.79. The van der Waals surface area contributed by atoms with E-state index in [4.69, 9.17) is 4.42 Å². The summed E-state index contributed by atoms with van der Waals surface area (Å²) in [7, 11) is 0. The van der Waals surface area contributed by atoms with Crippen molar-refractivity contribution in [2.24, 2.45) is 0 Å². The minimum Gasteiger partial charge on any atom is -0.444 e. The van der Waals surface area contributed by atoms with E-state index in [9.17, 15) is 18.0 Å². The van der Waals surface area contributed by atoms with Crippen molar-refractivity contribution in [1.82, 2.24) is 4.98 Å². The molecule has 1 N–H and O–H groups in total. The molecule has 7 heteroatoms. The van der Waals surface area contributed by atoms with Crippen LogP contribution in [0.25, 0.3) is 11.3 Å². The molecular formula is C23H21F3N2O2. The van der Waals surface area contributed by atoms with Crippen molar-refractivity contribution in [2.45, 2.75) is 37.3 Å². The summed E-state index contributed by atoms with van der Waals surface area (Å²) in [5.41, 5.74) is 0.509. The van der Waals surface area contributed by atoms with E-state index >= 15 is 0 Å². The lowest BCUT2D eigenvalue weighted by atomic mass is 9.61. The molecule has 1 aliphatic rings. The Morgan fingerprint density at radius 1 is 1.10 bits per heavy atom. The highest BCUT2D eigenvalue weighted by atomic mass is 19.4. The molecule has 0 aliphatic heterocycles. The Bertz CT molecular complexity index is 1010. The van der Waals surface area contributed by atoms with Gasteiger partial charge in [0.25, 0.3) is 0 Å². The minimum atomic E-state index is -4.42. The van der Waals surface area contributed by atoms with Crippen LogP contribution in [0.5, 0.6) is 0 Å². The number of halogens is 3. The van der Waals surface area contributed by atoms with E-state index in [-0.39, 0.29) is 24.3 Å². The minimum absolute atomic E-state index is 0.0671. The number of rotatable bonds is 7. The smallest absolute Gasteiger partial charge is 0.416 e. The van der Waals surface area contributed by atoms with Gasteiger partial charge in [-0.2, -0.15) is 13.2 Å². The number of nitrogens with zero attached hydrogens (tertiary/aromatic N) is 1. The molecule has 1 heterocycles. The third kappa shape index (κ3) is 4.10. The van der Waals surface area contributed by atoms with E-state index < -0.39 is 17.2 Å². The fourth-order valence-electron chi connectivity index (χ4n) is 4.09. The molecule has 3 aromatic rings. The Hall–Kier alpha value is -3.09. The van der Waals surface area contributed by atoms with Crippen LogP contribution in [-0.4, -0.2) is 17.3 Å². The molecule has 0 amide bonds. The summed E-state index contributed by atoms with van der Waals surface area (Å²) in [5.74, 6) is 0.541. The number of carbonyl (C=O) groups excluding carboxylic acids is 1. The standard InChI is InChI=1S/C23H21F3N2O2/c24-23(25,26)20-5-2-1-4-19(20)22(10-3-11-22)12-18(29)13-28-17-8-6-16(7-9-17)21-14-27-15-30-21/h1-2,4-9,14-15,28H,3,10-13H2. The number of nitrogens with one attached hydrogen (secondary N) is 1. The van der Waals surface area contributed by atoms with Crippen LogP contribution in [-0.2, 0) is 16.4 Å². The molecule has 156 valence electrons. The van der Waals surface area contributed by atoms with Gasteiger partial charge in [0.1, 0.15) is 0 Å². The van der Waals surface area contributed by atoms with Gasteiger partial charge in [-0.3, -0.25) is 4.79 Å². The molecule has 1 saturated carbocycles. The number of benzene rings is 2. The van der Waals surface area contributed by atoms with Gasteiger partial charge in [0.05, 0.1) is 18.3 Å². The molecule has 0 saturated heterocycles. The van der Waals surface area contributed by atoms with Gasteiger partial charge in [0.2, 0.25) is 0 Å². The zero-order valence-corrected chi connectivity index (χ0v) is 16.2. The topological polar surface area (TPSA) is 55.1 Å². The third-order valence-corrected chi connectivity index (χ3v) is 5.74. The number of alkyl halides is 3. The fraction of sp³-hybridized carbons (Fsp3) is 0.304. The number of anilines is 1. The second-order valence-corrected chi connectivity index (χ2v) is 7.69. The Morgan fingerprint density at radius 3 is 2.43 bits per heavy atom. The van der Waals surface area contributed by atoms with Crippen molar-refractivity contribution >= 4 is 11.5 Å². The van der Waals surface area contributed by atoms with Crippen LogP contribution in [0.4, 0.5) is 18.9 Å². The van der Waals surface area contributed by atoms with Crippen LogP contribution in [0.2, 0.25) is 0 Å². The number of oxazole rings is 1. The second kappa shape index (κ2) is 7.97. The SMILES string of the molecule is O=C(CNc1ccc(-c2cnco2)cc1)CC1(c2ccccc2C(F)(F)F)CCC1. The average Bonchev–Trinajstić information content (AvgIpc) is 3.24. The first-order chi connectivity index (χ1) is 14.4. The summed E-state index contributed by atoms with van der Waals surface area (Å²) >= 11 is 0. The van der Waals surface area contributed by atoms with Gasteiger partial charge in [0.15, 0.2) is 17.9 Å². The van der Waals surface area contributed by atoms with Crippen molar-refractivity contribution < 1.29 is 22.4 Å². The number of aromatic nitrogens is 1. The lowest BCUT2D eigenvalue weighted by Gasteiger charge is -2.43. The van der Waals surface area contributed by atoms with Gasteiger partial charge in [-0.25, -0.2) is 4.98 Å². The normalized spacial score (nSPS) is 15.4. The molecule has 1 fully saturated rings. The zero-order chi connectivity index (χ0) is 21.2. The van der Waals surface area contributed by atoms with Crippen LogP contribution in [0.1, 0.15) is 36.8 Å². The highest BCUT2D eigenvalue weighted by Crippen LogP contribution is 2.50. The molecule has 4 nitrogen and oxygen atoms in total. The van der Waals surface area contributed by atoms with Gasteiger partial charge in [-0.15, -0.1) is 0 Å². The van der Waals surface area contributed by atoms with E-state index in [1.807, 2.05) is 24.3 Å². The molecular weight excluding hydrogens is 393 g/mol. The Balaban J connectivity index is 1.42. The first kappa shape index (κ1) is 20.2. The Morgan fingerprint density at radius 2 is 1.83 bits per heavy atom. The lowest BCUT2D eigenvalue weighted by molar-refractivity contribution is -0.139. The summed E-state index contributed by atoms with van der Waals surface area (Å²) in [4.78, 5) is 16.5. The quantitative estimate of drug-likeness (QED) is 0.527. The average molecular weight is 414 g/mol. The highest BCUT2D eigenvalue weighted by molar-refractivity contribution is 5.84. The maximum absolute atomic E-state index is 13.5. The molecule has 30 heavy (non-hydrogen) atoms. The summed E-state index contributed by atoms with van der Waals surface area (Å²) in [5, 5.41) is 3.07. The predicted molar refractivity (Wildman–Crippen MR) is 107 cm³/mol. The first-order valence-corrected chi connectivity index (χ1v) is 9.79. The highest BCUT2D eigenvalue weighted by Gasteiger charge is 2.45. The maximum Gasteiger partial charge on any atom is 0.416 e. The van der Waals surface area contributed by atoms with Gasteiger partial charge >= 0.3 is 6.18 Å². The summed E-state index contributed by atoms with van der Waals surface area (Å²) in [6.07, 6.45) is 0.663. The zero-order valence-electron chi connectivity index (χ0n) is 16.2. The molecule has 2 aromatic carbocycles. The van der Waals surface area contributed by atoms with Crippen molar-refractivity contribution in [2.75, 3.05) is 11.9 Å². The third-order valence-electron chi connectivity index (χ3n) is 5.74. The monoisotopic (exact) mass is 414 g/mol. The molecule has 0 radical (unpaired) electrons.